The molecule has 0 spiro atoms. The zero-order valence-electron chi connectivity index (χ0n) is 12.6. The molecule has 0 heterocycles. The van der Waals surface area contributed by atoms with E-state index in [-0.39, 0.29) is 11.8 Å². The zero-order chi connectivity index (χ0) is 15.0. The highest BCUT2D eigenvalue weighted by Gasteiger charge is 2.11. The van der Waals surface area contributed by atoms with Crippen LogP contribution >= 0.6 is 0 Å². The van der Waals surface area contributed by atoms with Crippen LogP contribution in [-0.4, -0.2) is 29.8 Å². The summed E-state index contributed by atoms with van der Waals surface area (Å²) in [6, 6.07) is 8.07. The molecule has 1 N–H and O–H groups in total. The lowest BCUT2D eigenvalue weighted by Crippen LogP contribution is -2.33. The molecular weight excluding hydrogens is 252 g/mol. The third kappa shape index (κ3) is 5.87. The number of nitrogens with one attached hydrogen (secondary N) is 1. The number of amides is 2. The van der Waals surface area contributed by atoms with Crippen LogP contribution in [0.15, 0.2) is 24.3 Å². The molecule has 2 amide bonds. The van der Waals surface area contributed by atoms with Crippen molar-refractivity contribution in [3.63, 3.8) is 0 Å². The average molecular weight is 276 g/mol. The lowest BCUT2D eigenvalue weighted by molar-refractivity contribution is -0.130. The van der Waals surface area contributed by atoms with Gasteiger partial charge in [-0.1, -0.05) is 36.8 Å². The molecule has 0 aliphatic carbocycles. The minimum absolute atomic E-state index is 0.00217. The fraction of sp³-hybridized carbons (Fsp3) is 0.500. The topological polar surface area (TPSA) is 49.4 Å². The van der Waals surface area contributed by atoms with Crippen molar-refractivity contribution in [2.24, 2.45) is 0 Å². The first kappa shape index (κ1) is 16.2. The number of carbonyl (C=O) groups is 2. The highest BCUT2D eigenvalue weighted by Crippen LogP contribution is 2.08. The summed E-state index contributed by atoms with van der Waals surface area (Å²) in [5.41, 5.74) is 2.26. The van der Waals surface area contributed by atoms with E-state index >= 15 is 0 Å². The van der Waals surface area contributed by atoms with Gasteiger partial charge in [-0.25, -0.2) is 0 Å². The maximum atomic E-state index is 11.7. The summed E-state index contributed by atoms with van der Waals surface area (Å²) in [5, 5.41) is 2.82. The second-order valence-corrected chi connectivity index (χ2v) is 5.03. The molecule has 1 aromatic rings. The number of rotatable bonds is 7. The average Bonchev–Trinajstić information content (AvgIpc) is 2.40. The normalized spacial score (nSPS) is 10.2. The van der Waals surface area contributed by atoms with Crippen LogP contribution < -0.4 is 5.32 Å². The van der Waals surface area contributed by atoms with Crippen molar-refractivity contribution in [1.29, 1.82) is 0 Å². The van der Waals surface area contributed by atoms with Crippen LogP contribution in [0.25, 0.3) is 0 Å². The summed E-state index contributed by atoms with van der Waals surface area (Å²) in [4.78, 5) is 24.9. The molecule has 0 saturated heterocycles. The van der Waals surface area contributed by atoms with E-state index < -0.39 is 0 Å². The number of aryl methyl sites for hydroxylation is 1. The largest absolute Gasteiger partial charge is 0.356 e. The molecule has 1 aromatic carbocycles. The van der Waals surface area contributed by atoms with E-state index in [1.807, 2.05) is 32.0 Å². The lowest BCUT2D eigenvalue weighted by atomic mass is 10.1. The van der Waals surface area contributed by atoms with Gasteiger partial charge in [0.25, 0.3) is 0 Å². The fourth-order valence-electron chi connectivity index (χ4n) is 1.97. The van der Waals surface area contributed by atoms with E-state index in [1.54, 1.807) is 11.8 Å². The van der Waals surface area contributed by atoms with E-state index in [0.717, 1.165) is 12.0 Å². The van der Waals surface area contributed by atoms with Crippen molar-refractivity contribution in [2.75, 3.05) is 13.1 Å². The number of nitrogens with zero attached hydrogens (tertiary/aromatic N) is 1. The second kappa shape index (κ2) is 8.35. The van der Waals surface area contributed by atoms with Crippen LogP contribution in [0.5, 0.6) is 0 Å². The smallest absolute Gasteiger partial charge is 0.221 e. The second-order valence-electron chi connectivity index (χ2n) is 5.03. The Kier molecular flexibility index (Phi) is 6.77. The number of carbonyl (C=O) groups excluding carboxylic acids is 2. The van der Waals surface area contributed by atoms with Crippen LogP contribution in [0, 0.1) is 6.92 Å². The molecule has 0 radical (unpaired) electrons. The van der Waals surface area contributed by atoms with Crippen LogP contribution in [0.2, 0.25) is 0 Å². The van der Waals surface area contributed by atoms with Gasteiger partial charge in [-0.15, -0.1) is 0 Å². The van der Waals surface area contributed by atoms with Gasteiger partial charge >= 0.3 is 0 Å². The van der Waals surface area contributed by atoms with Crippen LogP contribution in [0.3, 0.4) is 0 Å². The Balaban J connectivity index is 2.53. The molecule has 0 atom stereocenters. The lowest BCUT2D eigenvalue weighted by Gasteiger charge is -2.21. The predicted octanol–water partition coefficient (Wildman–Crippen LogP) is 2.26. The Hall–Kier alpha value is -1.84. The van der Waals surface area contributed by atoms with Crippen molar-refractivity contribution in [3.05, 3.63) is 35.4 Å². The van der Waals surface area contributed by atoms with Gasteiger partial charge in [0.2, 0.25) is 11.8 Å². The van der Waals surface area contributed by atoms with Gasteiger partial charge in [-0.2, -0.15) is 0 Å². The van der Waals surface area contributed by atoms with Crippen LogP contribution in [0.1, 0.15) is 37.8 Å². The highest BCUT2D eigenvalue weighted by atomic mass is 16.2. The first-order valence-corrected chi connectivity index (χ1v) is 7.10. The van der Waals surface area contributed by atoms with Gasteiger partial charge in [-0.3, -0.25) is 9.59 Å². The molecule has 0 aliphatic heterocycles. The maximum absolute atomic E-state index is 11.7. The van der Waals surface area contributed by atoms with Crippen molar-refractivity contribution >= 4 is 11.8 Å². The van der Waals surface area contributed by atoms with E-state index in [4.69, 9.17) is 0 Å². The van der Waals surface area contributed by atoms with Crippen LogP contribution in [-0.2, 0) is 16.1 Å². The SMILES string of the molecule is CCCNC(=O)CCN(Cc1cccc(C)c1)C(C)=O. The zero-order valence-corrected chi connectivity index (χ0v) is 12.6. The summed E-state index contributed by atoms with van der Waals surface area (Å²) < 4.78 is 0. The van der Waals surface area contributed by atoms with Gasteiger partial charge in [0.05, 0.1) is 0 Å². The molecule has 110 valence electrons. The molecule has 20 heavy (non-hydrogen) atoms. The van der Waals surface area contributed by atoms with Crippen molar-refractivity contribution in [3.8, 4) is 0 Å². The standard InChI is InChI=1S/C16H24N2O2/c1-4-9-17-16(20)8-10-18(14(3)19)12-15-7-5-6-13(2)11-15/h5-7,11H,4,8-10,12H2,1-3H3,(H,17,20). The van der Waals surface area contributed by atoms with Gasteiger partial charge in [-0.05, 0) is 18.9 Å². The molecule has 4 heteroatoms. The van der Waals surface area contributed by atoms with Gasteiger partial charge < -0.3 is 10.2 Å². The summed E-state index contributed by atoms with van der Waals surface area (Å²) in [5.74, 6) is -0.00265. The summed E-state index contributed by atoms with van der Waals surface area (Å²) in [7, 11) is 0. The Morgan fingerprint density at radius 3 is 2.65 bits per heavy atom. The fourth-order valence-corrected chi connectivity index (χ4v) is 1.97. The number of benzene rings is 1. The Bertz CT molecular complexity index is 458. The summed E-state index contributed by atoms with van der Waals surface area (Å²) >= 11 is 0. The molecule has 0 bridgehead atoms. The van der Waals surface area contributed by atoms with Crippen molar-refractivity contribution in [1.82, 2.24) is 10.2 Å². The molecule has 0 saturated carbocycles. The molecule has 1 rings (SSSR count). The first-order chi connectivity index (χ1) is 9.52. The molecule has 0 unspecified atom stereocenters. The Labute approximate surface area is 121 Å². The van der Waals surface area contributed by atoms with Crippen molar-refractivity contribution < 1.29 is 9.59 Å². The van der Waals surface area contributed by atoms with Crippen molar-refractivity contribution in [2.45, 2.75) is 40.2 Å². The molecule has 4 nitrogen and oxygen atoms in total. The maximum Gasteiger partial charge on any atom is 0.221 e. The minimum Gasteiger partial charge on any atom is -0.356 e. The van der Waals surface area contributed by atoms with E-state index in [0.29, 0.717) is 26.1 Å². The molecule has 0 fully saturated rings. The van der Waals surface area contributed by atoms with Gasteiger partial charge in [0.15, 0.2) is 0 Å². The third-order valence-corrected chi connectivity index (χ3v) is 3.08. The van der Waals surface area contributed by atoms with E-state index in [9.17, 15) is 9.59 Å². The highest BCUT2D eigenvalue weighted by molar-refractivity contribution is 5.77. The predicted molar refractivity (Wildman–Crippen MR) is 80.2 cm³/mol. The van der Waals surface area contributed by atoms with E-state index in [1.165, 1.54) is 5.56 Å². The Morgan fingerprint density at radius 1 is 1.30 bits per heavy atom. The van der Waals surface area contributed by atoms with Crippen LogP contribution in [0.4, 0.5) is 0 Å². The monoisotopic (exact) mass is 276 g/mol. The first-order valence-electron chi connectivity index (χ1n) is 7.10. The summed E-state index contributed by atoms with van der Waals surface area (Å²) in [6.45, 7) is 7.28. The molecule has 0 aliphatic rings. The van der Waals surface area contributed by atoms with Gasteiger partial charge in [0.1, 0.15) is 0 Å². The molecule has 0 aromatic heterocycles. The summed E-state index contributed by atoms with van der Waals surface area (Å²) in [6.07, 6.45) is 1.27. The minimum atomic E-state index is -0.00482. The molecular formula is C16H24N2O2. The number of hydrogen-bond acceptors (Lipinski definition) is 2. The quantitative estimate of drug-likeness (QED) is 0.830. The Morgan fingerprint density at radius 2 is 2.05 bits per heavy atom. The number of hydrogen-bond donors (Lipinski definition) is 1. The van der Waals surface area contributed by atoms with E-state index in [2.05, 4.69) is 11.4 Å². The third-order valence-electron chi connectivity index (χ3n) is 3.08. The van der Waals surface area contributed by atoms with Gasteiger partial charge in [0, 0.05) is 33.0 Å².